The van der Waals surface area contributed by atoms with Crippen molar-refractivity contribution in [2.24, 2.45) is 5.92 Å². The van der Waals surface area contributed by atoms with Gasteiger partial charge in [0.05, 0.1) is 6.10 Å². The van der Waals surface area contributed by atoms with Gasteiger partial charge >= 0.3 is 0 Å². The van der Waals surface area contributed by atoms with Crippen molar-refractivity contribution < 1.29 is 4.74 Å². The molecule has 5 nitrogen and oxygen atoms in total. The normalized spacial score (nSPS) is 23.1. The number of hydrogen-bond acceptors (Lipinski definition) is 6. The van der Waals surface area contributed by atoms with Crippen molar-refractivity contribution in [3.8, 4) is 10.7 Å². The van der Waals surface area contributed by atoms with Crippen molar-refractivity contribution in [2.75, 3.05) is 24.6 Å². The highest BCUT2D eigenvalue weighted by atomic mass is 32.1. The molecule has 0 bridgehead atoms. The molecule has 0 amide bonds. The Labute approximate surface area is 134 Å². The first kappa shape index (κ1) is 14.1. The molecule has 2 fully saturated rings. The van der Waals surface area contributed by atoms with E-state index in [1.54, 1.807) is 17.5 Å². The van der Waals surface area contributed by atoms with Crippen LogP contribution in [0.1, 0.15) is 25.7 Å². The van der Waals surface area contributed by atoms with E-state index in [0.717, 1.165) is 41.4 Å². The highest BCUT2D eigenvalue weighted by molar-refractivity contribution is 7.18. The summed E-state index contributed by atoms with van der Waals surface area (Å²) in [5.41, 5.74) is 0.903. The van der Waals surface area contributed by atoms with Crippen LogP contribution in [0, 0.1) is 5.92 Å². The van der Waals surface area contributed by atoms with Gasteiger partial charge < -0.3 is 9.64 Å². The molecule has 4 heterocycles. The van der Waals surface area contributed by atoms with Crippen LogP contribution < -0.4 is 4.90 Å². The van der Waals surface area contributed by atoms with Gasteiger partial charge in [0, 0.05) is 25.9 Å². The predicted octanol–water partition coefficient (Wildman–Crippen LogP) is 3.00. The minimum atomic E-state index is 0.501. The molecule has 22 heavy (non-hydrogen) atoms. The largest absolute Gasteiger partial charge is 0.378 e. The summed E-state index contributed by atoms with van der Waals surface area (Å²) in [6.45, 7) is 3.07. The number of aromatic nitrogens is 3. The van der Waals surface area contributed by atoms with E-state index >= 15 is 0 Å². The van der Waals surface area contributed by atoms with Gasteiger partial charge in [0.1, 0.15) is 5.69 Å². The zero-order valence-electron chi connectivity index (χ0n) is 12.5. The lowest BCUT2D eigenvalue weighted by atomic mass is 9.90. The fraction of sp³-hybridized carbons (Fsp3) is 0.562. The van der Waals surface area contributed by atoms with Crippen LogP contribution in [0.15, 0.2) is 24.4 Å². The highest BCUT2D eigenvalue weighted by Gasteiger charge is 2.30. The number of anilines is 1. The molecule has 0 N–H and O–H groups in total. The Hall–Kier alpha value is -1.53. The average molecular weight is 316 g/mol. The summed E-state index contributed by atoms with van der Waals surface area (Å²) in [4.78, 5) is 6.70. The zero-order valence-corrected chi connectivity index (χ0v) is 13.3. The van der Waals surface area contributed by atoms with Crippen molar-refractivity contribution in [1.82, 2.24) is 15.2 Å². The van der Waals surface area contributed by atoms with Gasteiger partial charge in [-0.05, 0) is 43.7 Å². The van der Waals surface area contributed by atoms with Crippen molar-refractivity contribution in [2.45, 2.75) is 31.8 Å². The molecule has 0 radical (unpaired) electrons. The lowest BCUT2D eigenvalue weighted by Crippen LogP contribution is -2.37. The SMILES string of the molecule is c1ccc(-c2nnc(N3CCC(C4CCCO4)CC3)s2)nc1. The Morgan fingerprint density at radius 1 is 1.14 bits per heavy atom. The summed E-state index contributed by atoms with van der Waals surface area (Å²) in [5, 5.41) is 10.6. The van der Waals surface area contributed by atoms with Crippen LogP contribution in [0.3, 0.4) is 0 Å². The van der Waals surface area contributed by atoms with Crippen molar-refractivity contribution >= 4 is 16.5 Å². The summed E-state index contributed by atoms with van der Waals surface area (Å²) >= 11 is 1.64. The third-order valence-electron chi connectivity index (χ3n) is 4.60. The van der Waals surface area contributed by atoms with Crippen molar-refractivity contribution in [3.05, 3.63) is 24.4 Å². The molecular weight excluding hydrogens is 296 g/mol. The minimum Gasteiger partial charge on any atom is -0.378 e. The maximum absolute atomic E-state index is 5.84. The van der Waals surface area contributed by atoms with E-state index in [1.807, 2.05) is 18.2 Å². The molecule has 1 atom stereocenters. The van der Waals surface area contributed by atoms with Gasteiger partial charge in [-0.15, -0.1) is 10.2 Å². The molecule has 6 heteroatoms. The average Bonchev–Trinajstić information content (AvgIpc) is 3.28. The quantitative estimate of drug-likeness (QED) is 0.871. The lowest BCUT2D eigenvalue weighted by Gasteiger charge is -2.33. The van der Waals surface area contributed by atoms with Gasteiger partial charge in [0.25, 0.3) is 0 Å². The Morgan fingerprint density at radius 2 is 2.05 bits per heavy atom. The second-order valence-corrected chi connectivity index (χ2v) is 6.94. The maximum Gasteiger partial charge on any atom is 0.208 e. The van der Waals surface area contributed by atoms with E-state index in [-0.39, 0.29) is 0 Å². The second-order valence-electron chi connectivity index (χ2n) is 5.98. The summed E-state index contributed by atoms with van der Waals surface area (Å²) in [5.74, 6) is 0.724. The second kappa shape index (κ2) is 6.30. The third-order valence-corrected chi connectivity index (χ3v) is 5.61. The molecule has 0 aromatic carbocycles. The smallest absolute Gasteiger partial charge is 0.208 e. The fourth-order valence-corrected chi connectivity index (χ4v) is 4.25. The van der Waals surface area contributed by atoms with E-state index in [1.165, 1.54) is 25.7 Å². The minimum absolute atomic E-state index is 0.501. The Morgan fingerprint density at radius 3 is 2.77 bits per heavy atom. The lowest BCUT2D eigenvalue weighted by molar-refractivity contribution is 0.0531. The number of nitrogens with zero attached hydrogens (tertiary/aromatic N) is 4. The molecular formula is C16H20N4OS. The monoisotopic (exact) mass is 316 g/mol. The Balaban J connectivity index is 1.40. The summed E-state index contributed by atoms with van der Waals surface area (Å²) in [7, 11) is 0. The number of pyridine rings is 1. The molecule has 4 rings (SSSR count). The Kier molecular flexibility index (Phi) is 4.03. The molecule has 1 unspecified atom stereocenters. The van der Waals surface area contributed by atoms with E-state index in [4.69, 9.17) is 4.74 Å². The van der Waals surface area contributed by atoms with Gasteiger partial charge in [-0.1, -0.05) is 17.4 Å². The van der Waals surface area contributed by atoms with Gasteiger partial charge in [-0.3, -0.25) is 4.98 Å². The molecule has 2 aromatic heterocycles. The zero-order chi connectivity index (χ0) is 14.8. The van der Waals surface area contributed by atoms with Gasteiger partial charge in [0.2, 0.25) is 5.13 Å². The van der Waals surface area contributed by atoms with Crippen LogP contribution >= 0.6 is 11.3 Å². The van der Waals surface area contributed by atoms with Crippen LogP contribution in [0.2, 0.25) is 0 Å². The van der Waals surface area contributed by atoms with Crippen molar-refractivity contribution in [3.63, 3.8) is 0 Å². The molecule has 2 saturated heterocycles. The first-order chi connectivity index (χ1) is 10.9. The number of rotatable bonds is 3. The van der Waals surface area contributed by atoms with Crippen LogP contribution in [-0.2, 0) is 4.74 Å². The standard InChI is InChI=1S/C16H20N4OS/c1-2-8-17-13(4-1)15-18-19-16(22-15)20-9-6-12(7-10-20)14-5-3-11-21-14/h1-2,4,8,12,14H,3,5-7,9-11H2. The van der Waals surface area contributed by atoms with Gasteiger partial charge in [-0.25, -0.2) is 0 Å². The number of hydrogen-bond donors (Lipinski definition) is 0. The van der Waals surface area contributed by atoms with Crippen molar-refractivity contribution in [1.29, 1.82) is 0 Å². The topological polar surface area (TPSA) is 51.1 Å². The van der Waals surface area contributed by atoms with Crippen LogP contribution in [0.25, 0.3) is 10.7 Å². The third kappa shape index (κ3) is 2.85. The van der Waals surface area contributed by atoms with Gasteiger partial charge in [-0.2, -0.15) is 0 Å². The maximum atomic E-state index is 5.84. The Bertz CT molecular complexity index is 604. The number of piperidine rings is 1. The summed E-state index contributed by atoms with van der Waals surface area (Å²) in [6.07, 6.45) is 7.17. The van der Waals surface area contributed by atoms with Crippen LogP contribution in [-0.4, -0.2) is 41.0 Å². The molecule has 2 aliphatic heterocycles. The predicted molar refractivity (Wildman–Crippen MR) is 87.1 cm³/mol. The molecule has 0 saturated carbocycles. The van der Waals surface area contributed by atoms with Crippen LogP contribution in [0.4, 0.5) is 5.13 Å². The first-order valence-corrected chi connectivity index (χ1v) is 8.83. The van der Waals surface area contributed by atoms with Gasteiger partial charge in [0.15, 0.2) is 5.01 Å². The first-order valence-electron chi connectivity index (χ1n) is 8.01. The number of ether oxygens (including phenoxy) is 1. The van der Waals surface area contributed by atoms with E-state index in [2.05, 4.69) is 20.1 Å². The van der Waals surface area contributed by atoms with Crippen LogP contribution in [0.5, 0.6) is 0 Å². The highest BCUT2D eigenvalue weighted by Crippen LogP contribution is 2.33. The molecule has 2 aromatic rings. The molecule has 116 valence electrons. The van der Waals surface area contributed by atoms with E-state index in [0.29, 0.717) is 6.10 Å². The van der Waals surface area contributed by atoms with E-state index in [9.17, 15) is 0 Å². The molecule has 0 aliphatic carbocycles. The summed E-state index contributed by atoms with van der Waals surface area (Å²) in [6, 6.07) is 5.88. The summed E-state index contributed by atoms with van der Waals surface area (Å²) < 4.78 is 5.84. The molecule has 2 aliphatic rings. The fourth-order valence-electron chi connectivity index (χ4n) is 3.37. The van der Waals surface area contributed by atoms with E-state index < -0.39 is 0 Å². The molecule has 0 spiro atoms.